The zero-order valence-corrected chi connectivity index (χ0v) is 16.0. The van der Waals surface area contributed by atoms with Crippen LogP contribution in [0.25, 0.3) is 16.2 Å². The van der Waals surface area contributed by atoms with Crippen LogP contribution in [0, 0.1) is 5.92 Å². The van der Waals surface area contributed by atoms with Gasteiger partial charge in [-0.05, 0) is 43.7 Å². The molecule has 3 aromatic rings. The number of anilines is 1. The Morgan fingerprint density at radius 1 is 1.12 bits per heavy atom. The number of benzene rings is 1. The highest BCUT2D eigenvalue weighted by Gasteiger charge is 2.30. The number of piperidine rings is 1. The van der Waals surface area contributed by atoms with Crippen molar-refractivity contribution in [3.63, 3.8) is 0 Å². The second-order valence-corrected chi connectivity index (χ2v) is 8.49. The van der Waals surface area contributed by atoms with Gasteiger partial charge in [-0.25, -0.2) is 9.50 Å². The van der Waals surface area contributed by atoms with Crippen LogP contribution in [-0.2, 0) is 4.74 Å². The van der Waals surface area contributed by atoms with Gasteiger partial charge in [0.2, 0.25) is 10.1 Å². The molecule has 5 rings (SSSR count). The summed E-state index contributed by atoms with van der Waals surface area (Å²) < 4.78 is 7.78. The first-order valence-electron chi connectivity index (χ1n) is 9.25. The fourth-order valence-corrected chi connectivity index (χ4v) is 5.07. The Labute approximate surface area is 161 Å². The maximum atomic E-state index is 5.97. The van der Waals surface area contributed by atoms with Crippen LogP contribution in [0.2, 0.25) is 5.02 Å². The molecule has 0 amide bonds. The van der Waals surface area contributed by atoms with E-state index in [1.54, 1.807) is 11.3 Å². The van der Waals surface area contributed by atoms with E-state index in [-0.39, 0.29) is 0 Å². The molecule has 2 aliphatic heterocycles. The van der Waals surface area contributed by atoms with Crippen LogP contribution in [0.15, 0.2) is 30.5 Å². The second kappa shape index (κ2) is 6.83. The normalized spacial score (nSPS) is 21.7. The van der Waals surface area contributed by atoms with E-state index in [4.69, 9.17) is 26.4 Å². The van der Waals surface area contributed by atoms with Crippen LogP contribution in [0.3, 0.4) is 0 Å². The Balaban J connectivity index is 1.30. The smallest absolute Gasteiger partial charge is 0.214 e. The molecule has 2 aliphatic rings. The van der Waals surface area contributed by atoms with Gasteiger partial charge in [-0.3, -0.25) is 0 Å². The average Bonchev–Trinajstić information content (AvgIpc) is 3.39. The maximum absolute atomic E-state index is 5.97. The number of fused-ring (bicyclic) bond motifs is 1. The van der Waals surface area contributed by atoms with Gasteiger partial charge in [-0.1, -0.05) is 35.1 Å². The number of halogens is 1. The predicted octanol–water partition coefficient (Wildman–Crippen LogP) is 4.51. The Morgan fingerprint density at radius 3 is 2.62 bits per heavy atom. The van der Waals surface area contributed by atoms with Crippen molar-refractivity contribution in [2.75, 3.05) is 24.6 Å². The highest BCUT2D eigenvalue weighted by Crippen LogP contribution is 2.33. The SMILES string of the molecule is Clc1ccc(-c2cn3nc(N4CCC(C5CCCO5)CC4)sc3n2)cc1. The fourth-order valence-electron chi connectivity index (χ4n) is 4.01. The molecule has 136 valence electrons. The molecule has 1 aromatic carbocycles. The molecule has 2 saturated heterocycles. The third kappa shape index (κ3) is 3.10. The standard InChI is InChI=1S/C19H21ClN4OS/c20-15-5-3-13(4-6-15)16-12-24-18(21-16)26-19(22-24)23-9-7-14(8-10-23)17-2-1-11-25-17/h3-6,12,14,17H,1-2,7-11H2. The van der Waals surface area contributed by atoms with E-state index in [2.05, 4.69) is 4.90 Å². The van der Waals surface area contributed by atoms with E-state index in [0.29, 0.717) is 12.0 Å². The lowest BCUT2D eigenvalue weighted by Crippen LogP contribution is -2.37. The highest BCUT2D eigenvalue weighted by atomic mass is 35.5. The first-order chi connectivity index (χ1) is 12.8. The number of hydrogen-bond acceptors (Lipinski definition) is 5. The second-order valence-electron chi connectivity index (χ2n) is 7.12. The van der Waals surface area contributed by atoms with Crippen LogP contribution >= 0.6 is 22.9 Å². The molecule has 0 bridgehead atoms. The molecule has 0 saturated carbocycles. The van der Waals surface area contributed by atoms with Gasteiger partial charge in [-0.15, -0.1) is 5.10 Å². The lowest BCUT2D eigenvalue weighted by molar-refractivity contribution is 0.0531. The monoisotopic (exact) mass is 388 g/mol. The lowest BCUT2D eigenvalue weighted by atomic mass is 9.90. The van der Waals surface area contributed by atoms with Crippen LogP contribution in [0.5, 0.6) is 0 Å². The summed E-state index contributed by atoms with van der Waals surface area (Å²) in [5.41, 5.74) is 2.00. The minimum atomic E-state index is 0.493. The maximum Gasteiger partial charge on any atom is 0.214 e. The van der Waals surface area contributed by atoms with Crippen molar-refractivity contribution in [3.05, 3.63) is 35.5 Å². The number of rotatable bonds is 3. The van der Waals surface area contributed by atoms with Crippen LogP contribution < -0.4 is 4.90 Å². The minimum Gasteiger partial charge on any atom is -0.378 e. The molecule has 1 atom stereocenters. The molecule has 2 aromatic heterocycles. The number of ether oxygens (including phenoxy) is 1. The average molecular weight is 389 g/mol. The molecule has 0 radical (unpaired) electrons. The largest absolute Gasteiger partial charge is 0.378 e. The summed E-state index contributed by atoms with van der Waals surface area (Å²) in [6.07, 6.45) is 7.35. The van der Waals surface area contributed by atoms with Crippen molar-refractivity contribution in [2.45, 2.75) is 31.8 Å². The molecule has 26 heavy (non-hydrogen) atoms. The van der Waals surface area contributed by atoms with Crippen molar-refractivity contribution in [1.29, 1.82) is 0 Å². The minimum absolute atomic E-state index is 0.493. The van der Waals surface area contributed by atoms with E-state index in [9.17, 15) is 0 Å². The molecule has 4 heterocycles. The van der Waals surface area contributed by atoms with Crippen LogP contribution in [-0.4, -0.2) is 40.4 Å². The van der Waals surface area contributed by atoms with Crippen molar-refractivity contribution in [3.8, 4) is 11.3 Å². The molecule has 0 spiro atoms. The predicted molar refractivity (Wildman–Crippen MR) is 105 cm³/mol. The van der Waals surface area contributed by atoms with Gasteiger partial charge in [0.1, 0.15) is 0 Å². The van der Waals surface area contributed by atoms with E-state index in [1.165, 1.54) is 25.7 Å². The van der Waals surface area contributed by atoms with Crippen molar-refractivity contribution >= 4 is 33.0 Å². The zero-order chi connectivity index (χ0) is 17.5. The Kier molecular flexibility index (Phi) is 4.35. The molecule has 0 N–H and O–H groups in total. The van der Waals surface area contributed by atoms with Gasteiger partial charge < -0.3 is 9.64 Å². The summed E-state index contributed by atoms with van der Waals surface area (Å²) >= 11 is 7.63. The van der Waals surface area contributed by atoms with Gasteiger partial charge in [0.15, 0.2) is 0 Å². The molecule has 1 unspecified atom stereocenters. The van der Waals surface area contributed by atoms with Gasteiger partial charge in [0, 0.05) is 30.3 Å². The summed E-state index contributed by atoms with van der Waals surface area (Å²) in [6, 6.07) is 7.76. The van der Waals surface area contributed by atoms with E-state index < -0.39 is 0 Å². The van der Waals surface area contributed by atoms with Gasteiger partial charge in [0.05, 0.1) is 18.0 Å². The summed E-state index contributed by atoms with van der Waals surface area (Å²) in [6.45, 7) is 3.07. The van der Waals surface area contributed by atoms with Gasteiger partial charge in [0.25, 0.3) is 0 Å². The lowest BCUT2D eigenvalue weighted by Gasteiger charge is -2.33. The van der Waals surface area contributed by atoms with E-state index in [1.807, 2.05) is 35.0 Å². The fraction of sp³-hybridized carbons (Fsp3) is 0.474. The first kappa shape index (κ1) is 16.5. The topological polar surface area (TPSA) is 42.7 Å². The first-order valence-corrected chi connectivity index (χ1v) is 10.4. The van der Waals surface area contributed by atoms with Crippen LogP contribution in [0.4, 0.5) is 5.13 Å². The van der Waals surface area contributed by atoms with Crippen molar-refractivity contribution in [1.82, 2.24) is 14.6 Å². The Morgan fingerprint density at radius 2 is 1.92 bits per heavy atom. The molecule has 7 heteroatoms. The molecular weight excluding hydrogens is 368 g/mol. The van der Waals surface area contributed by atoms with Crippen molar-refractivity contribution in [2.24, 2.45) is 5.92 Å². The number of imidazole rings is 1. The Bertz CT molecular complexity index is 861. The highest BCUT2D eigenvalue weighted by molar-refractivity contribution is 7.20. The third-order valence-corrected chi connectivity index (χ3v) is 6.71. The molecular formula is C19H21ClN4OS. The number of nitrogens with zero attached hydrogens (tertiary/aromatic N) is 4. The van der Waals surface area contributed by atoms with E-state index >= 15 is 0 Å². The molecule has 0 aliphatic carbocycles. The Hall–Kier alpha value is -1.63. The summed E-state index contributed by atoms with van der Waals surface area (Å²) in [5, 5.41) is 6.57. The van der Waals surface area contributed by atoms with E-state index in [0.717, 1.165) is 46.1 Å². The summed E-state index contributed by atoms with van der Waals surface area (Å²) in [5.74, 6) is 0.717. The van der Waals surface area contributed by atoms with Gasteiger partial charge in [-0.2, -0.15) is 0 Å². The third-order valence-electron chi connectivity index (χ3n) is 5.47. The summed E-state index contributed by atoms with van der Waals surface area (Å²) in [7, 11) is 0. The quantitative estimate of drug-likeness (QED) is 0.662. The number of hydrogen-bond donors (Lipinski definition) is 0. The molecule has 2 fully saturated rings. The van der Waals surface area contributed by atoms with Crippen LogP contribution in [0.1, 0.15) is 25.7 Å². The molecule has 5 nitrogen and oxygen atoms in total. The van der Waals surface area contributed by atoms with Gasteiger partial charge >= 0.3 is 0 Å². The number of aromatic nitrogens is 3. The zero-order valence-electron chi connectivity index (χ0n) is 14.5. The summed E-state index contributed by atoms with van der Waals surface area (Å²) in [4.78, 5) is 8.07. The van der Waals surface area contributed by atoms with Crippen molar-refractivity contribution < 1.29 is 4.74 Å².